The summed E-state index contributed by atoms with van der Waals surface area (Å²) in [7, 11) is 1.78. The van der Waals surface area contributed by atoms with Crippen molar-refractivity contribution in [1.29, 1.82) is 0 Å². The van der Waals surface area contributed by atoms with Crippen molar-refractivity contribution in [1.82, 2.24) is 14.3 Å². The summed E-state index contributed by atoms with van der Waals surface area (Å²) >= 11 is 1.46. The quantitative estimate of drug-likeness (QED) is 0.448. The number of carbonyl (C=O) groups excluding carboxylic acids is 1. The van der Waals surface area contributed by atoms with E-state index in [0.29, 0.717) is 6.42 Å². The van der Waals surface area contributed by atoms with Crippen LogP contribution in [0.3, 0.4) is 0 Å². The zero-order chi connectivity index (χ0) is 28.2. The van der Waals surface area contributed by atoms with Crippen LogP contribution in [0.15, 0.2) is 59.2 Å². The normalized spacial score (nSPS) is 15.0. The SMILES string of the molecule is CN1C(=O)C(c2ccc(Cn3cnn(CC(CN)=C(F)F)c3=O)s2)Cc2ccccc21.O=C(O)C(F)(F)F. The molecule has 3 aromatic rings. The van der Waals surface area contributed by atoms with Crippen LogP contribution in [0.2, 0.25) is 0 Å². The number of carboxylic acids is 1. The van der Waals surface area contributed by atoms with Gasteiger partial charge in [-0.3, -0.25) is 9.36 Å². The highest BCUT2D eigenvalue weighted by Gasteiger charge is 2.38. The number of fused-ring (bicyclic) bond motifs is 1. The first-order chi connectivity index (χ1) is 17.8. The number of carboxylic acid groups (broad SMARTS) is 1. The van der Waals surface area contributed by atoms with Crippen molar-refractivity contribution in [2.24, 2.45) is 5.73 Å². The molecule has 0 saturated heterocycles. The number of nitrogens with two attached hydrogens (primary N) is 1. The molecule has 1 aliphatic heterocycles. The molecule has 15 heteroatoms. The number of hydrogen-bond acceptors (Lipinski definition) is 6. The number of hydrogen-bond donors (Lipinski definition) is 2. The molecule has 3 heterocycles. The Morgan fingerprint density at radius 2 is 1.84 bits per heavy atom. The van der Waals surface area contributed by atoms with E-state index in [2.05, 4.69) is 5.10 Å². The second-order valence-electron chi connectivity index (χ2n) is 8.16. The van der Waals surface area contributed by atoms with Gasteiger partial charge in [-0.05, 0) is 30.2 Å². The Hall–Kier alpha value is -3.85. The minimum atomic E-state index is -5.08. The van der Waals surface area contributed by atoms with Gasteiger partial charge < -0.3 is 15.7 Å². The molecule has 3 N–H and O–H groups in total. The maximum Gasteiger partial charge on any atom is 0.490 e. The average molecular weight is 560 g/mol. The van der Waals surface area contributed by atoms with E-state index in [4.69, 9.17) is 15.6 Å². The molecule has 1 aliphatic rings. The second kappa shape index (κ2) is 11.7. The van der Waals surface area contributed by atoms with Gasteiger partial charge in [0, 0.05) is 34.6 Å². The third-order valence-electron chi connectivity index (χ3n) is 5.65. The molecule has 0 saturated carbocycles. The highest BCUT2D eigenvalue weighted by atomic mass is 32.1. The number of rotatable bonds is 6. The molecule has 0 fully saturated rings. The van der Waals surface area contributed by atoms with Crippen LogP contribution in [0.5, 0.6) is 0 Å². The lowest BCUT2D eigenvalue weighted by Crippen LogP contribution is -2.36. The zero-order valence-electron chi connectivity index (χ0n) is 19.8. The van der Waals surface area contributed by atoms with E-state index in [1.807, 2.05) is 36.4 Å². The largest absolute Gasteiger partial charge is 0.490 e. The minimum Gasteiger partial charge on any atom is -0.475 e. The Bertz CT molecular complexity index is 1410. The molecule has 1 aromatic carbocycles. The van der Waals surface area contributed by atoms with Gasteiger partial charge in [-0.2, -0.15) is 27.1 Å². The number of carbonyl (C=O) groups is 2. The van der Waals surface area contributed by atoms with Crippen LogP contribution in [0.1, 0.15) is 21.2 Å². The summed E-state index contributed by atoms with van der Waals surface area (Å²) in [6.45, 7) is -0.442. The number of likely N-dealkylation sites (N-methyl/N-ethyl adjacent to an activating group) is 1. The summed E-state index contributed by atoms with van der Waals surface area (Å²) in [6.07, 6.45) is -5.03. The lowest BCUT2D eigenvalue weighted by Gasteiger charge is -2.31. The first-order valence-electron chi connectivity index (χ1n) is 10.9. The third-order valence-corrected chi connectivity index (χ3v) is 6.84. The first-order valence-corrected chi connectivity index (χ1v) is 11.7. The van der Waals surface area contributed by atoms with Crippen LogP contribution in [-0.4, -0.2) is 51.1 Å². The molecule has 2 aromatic heterocycles. The van der Waals surface area contributed by atoms with E-state index in [-0.39, 0.29) is 37.0 Å². The highest BCUT2D eigenvalue weighted by molar-refractivity contribution is 7.12. The number of benzene rings is 1. The Balaban J connectivity index is 0.000000505. The fraction of sp³-hybridized carbons (Fsp3) is 0.304. The Labute approximate surface area is 216 Å². The maximum absolute atomic E-state index is 12.9. The molecule has 38 heavy (non-hydrogen) atoms. The van der Waals surface area contributed by atoms with Gasteiger partial charge in [0.2, 0.25) is 5.91 Å². The predicted molar refractivity (Wildman–Crippen MR) is 128 cm³/mol. The Kier molecular flexibility index (Phi) is 8.83. The van der Waals surface area contributed by atoms with Crippen molar-refractivity contribution >= 4 is 28.9 Å². The summed E-state index contributed by atoms with van der Waals surface area (Å²) in [5.74, 6) is -3.00. The van der Waals surface area contributed by atoms with E-state index >= 15 is 0 Å². The Morgan fingerprint density at radius 1 is 1.18 bits per heavy atom. The van der Waals surface area contributed by atoms with Crippen molar-refractivity contribution in [3.05, 3.63) is 80.2 Å². The summed E-state index contributed by atoms with van der Waals surface area (Å²) in [5.41, 5.74) is 6.53. The molecule has 204 valence electrons. The maximum atomic E-state index is 12.9. The number of aliphatic carboxylic acids is 1. The van der Waals surface area contributed by atoms with Crippen LogP contribution in [0, 0.1) is 0 Å². The molecule has 1 amide bonds. The van der Waals surface area contributed by atoms with Gasteiger partial charge in [-0.25, -0.2) is 14.3 Å². The fourth-order valence-electron chi connectivity index (χ4n) is 3.70. The molecule has 0 aliphatic carbocycles. The third kappa shape index (κ3) is 6.52. The van der Waals surface area contributed by atoms with E-state index in [1.54, 1.807) is 11.9 Å². The van der Waals surface area contributed by atoms with Gasteiger partial charge in [0.05, 0.1) is 19.0 Å². The van der Waals surface area contributed by atoms with Crippen molar-refractivity contribution in [3.63, 3.8) is 0 Å². The molecule has 1 atom stereocenters. The average Bonchev–Trinajstić information content (AvgIpc) is 3.46. The molecule has 0 bridgehead atoms. The number of alkyl halides is 3. The smallest absolute Gasteiger partial charge is 0.475 e. The zero-order valence-corrected chi connectivity index (χ0v) is 20.6. The van der Waals surface area contributed by atoms with Gasteiger partial charge in [-0.15, -0.1) is 11.3 Å². The number of anilines is 1. The Morgan fingerprint density at radius 3 is 2.45 bits per heavy atom. The van der Waals surface area contributed by atoms with Crippen LogP contribution < -0.4 is 16.3 Å². The number of aromatic nitrogens is 3. The molecule has 0 radical (unpaired) electrons. The molecule has 4 rings (SSSR count). The van der Waals surface area contributed by atoms with E-state index < -0.39 is 23.9 Å². The van der Waals surface area contributed by atoms with Crippen LogP contribution >= 0.6 is 11.3 Å². The van der Waals surface area contributed by atoms with Gasteiger partial charge in [0.1, 0.15) is 6.33 Å². The number of halogens is 5. The number of thiophene rings is 1. The first kappa shape index (κ1) is 28.7. The molecule has 0 spiro atoms. The molecular formula is C23H22F5N5O4S. The second-order valence-corrected chi connectivity index (χ2v) is 9.36. The molecule has 9 nitrogen and oxygen atoms in total. The molecule has 1 unspecified atom stereocenters. The fourth-order valence-corrected chi connectivity index (χ4v) is 4.80. The monoisotopic (exact) mass is 559 g/mol. The summed E-state index contributed by atoms with van der Waals surface area (Å²) < 4.78 is 59.7. The van der Waals surface area contributed by atoms with Crippen LogP contribution in [-0.2, 0) is 29.1 Å². The van der Waals surface area contributed by atoms with E-state index in [9.17, 15) is 31.5 Å². The lowest BCUT2D eigenvalue weighted by molar-refractivity contribution is -0.192. The van der Waals surface area contributed by atoms with Crippen molar-refractivity contribution < 1.29 is 36.6 Å². The summed E-state index contributed by atoms with van der Waals surface area (Å²) in [5, 5.41) is 11.0. The van der Waals surface area contributed by atoms with Crippen molar-refractivity contribution in [3.8, 4) is 0 Å². The van der Waals surface area contributed by atoms with Crippen molar-refractivity contribution in [2.45, 2.75) is 31.6 Å². The van der Waals surface area contributed by atoms with E-state index in [0.717, 1.165) is 25.7 Å². The number of nitrogens with zero attached hydrogens (tertiary/aromatic N) is 4. The number of amides is 1. The van der Waals surface area contributed by atoms with Gasteiger partial charge in [0.15, 0.2) is 0 Å². The van der Waals surface area contributed by atoms with Crippen LogP contribution in [0.4, 0.5) is 27.6 Å². The number of para-hydroxylation sites is 1. The minimum absolute atomic E-state index is 0.0337. The predicted octanol–water partition coefficient (Wildman–Crippen LogP) is 3.20. The van der Waals surface area contributed by atoms with Gasteiger partial charge in [0.25, 0.3) is 6.08 Å². The van der Waals surface area contributed by atoms with E-state index in [1.165, 1.54) is 22.2 Å². The topological polar surface area (TPSA) is 123 Å². The standard InChI is InChI=1S/C21H21F2N5O2S.C2HF3O2/c1-26-17-5-3-2-4-13(17)8-16(20(26)29)18-7-6-15(31-18)11-27-12-25-28(21(27)30)10-14(9-24)19(22)23;3-2(4,5)1(6)7/h2-7,12,16H,8-11,24H2,1H3;(H,6,7). The lowest BCUT2D eigenvalue weighted by atomic mass is 9.91. The van der Waals surface area contributed by atoms with Gasteiger partial charge in [-0.1, -0.05) is 18.2 Å². The van der Waals surface area contributed by atoms with Gasteiger partial charge >= 0.3 is 17.8 Å². The van der Waals surface area contributed by atoms with Crippen molar-refractivity contribution in [2.75, 3.05) is 18.5 Å². The summed E-state index contributed by atoms with van der Waals surface area (Å²) in [6, 6.07) is 11.6. The molecular weight excluding hydrogens is 537 g/mol. The summed E-state index contributed by atoms with van der Waals surface area (Å²) in [4.78, 5) is 37.8. The van der Waals surface area contributed by atoms with Crippen LogP contribution in [0.25, 0.3) is 0 Å². The highest BCUT2D eigenvalue weighted by Crippen LogP contribution is 2.37.